The molecule has 15 heavy (non-hydrogen) atoms. The van der Waals surface area contributed by atoms with E-state index in [9.17, 15) is 4.79 Å². The Bertz CT molecular complexity index is 294. The van der Waals surface area contributed by atoms with Gasteiger partial charge in [-0.15, -0.1) is 0 Å². The van der Waals surface area contributed by atoms with Crippen LogP contribution in [0, 0.1) is 0 Å². The zero-order valence-electron chi connectivity index (χ0n) is 8.73. The molecule has 0 saturated heterocycles. The minimum atomic E-state index is -1.01. The minimum absolute atomic E-state index is 0.225. The molecule has 0 radical (unpaired) electrons. The summed E-state index contributed by atoms with van der Waals surface area (Å²) in [7, 11) is 1.48. The molecule has 1 rings (SSSR count). The van der Waals surface area contributed by atoms with E-state index in [-0.39, 0.29) is 5.57 Å². The molecule has 0 bridgehead atoms. The monoisotopic (exact) mass is 214 g/mol. The molecular formula is C10H14O5. The third-order valence-electron chi connectivity index (χ3n) is 2.03. The van der Waals surface area contributed by atoms with E-state index in [1.165, 1.54) is 25.3 Å². The Kier molecular flexibility index (Phi) is 4.02. The van der Waals surface area contributed by atoms with Gasteiger partial charge in [-0.1, -0.05) is 6.08 Å². The van der Waals surface area contributed by atoms with E-state index in [2.05, 4.69) is 0 Å². The third-order valence-corrected chi connectivity index (χ3v) is 2.03. The van der Waals surface area contributed by atoms with Crippen molar-refractivity contribution in [3.05, 3.63) is 23.8 Å². The molecular weight excluding hydrogens is 200 g/mol. The molecule has 1 aliphatic rings. The molecule has 0 aliphatic heterocycles. The zero-order chi connectivity index (χ0) is 11.3. The van der Waals surface area contributed by atoms with E-state index in [0.717, 1.165) is 0 Å². The van der Waals surface area contributed by atoms with Gasteiger partial charge in [0.1, 0.15) is 0 Å². The Morgan fingerprint density at radius 1 is 1.67 bits per heavy atom. The molecule has 84 valence electrons. The first-order valence-corrected chi connectivity index (χ1v) is 4.62. The standard InChI is InChI=1S/C10H14O5/c1-3-14-15-10(13-2)6-4-8(5-7-10)9(11)12/h4-6H,3,7H2,1-2H3,(H,11,12). The fourth-order valence-electron chi connectivity index (χ4n) is 1.17. The zero-order valence-corrected chi connectivity index (χ0v) is 8.73. The van der Waals surface area contributed by atoms with Crippen LogP contribution in [-0.2, 0) is 19.3 Å². The second-order valence-electron chi connectivity index (χ2n) is 3.01. The number of carboxylic acids is 1. The Balaban J connectivity index is 2.67. The maximum absolute atomic E-state index is 10.6. The smallest absolute Gasteiger partial charge is 0.335 e. The van der Waals surface area contributed by atoms with Gasteiger partial charge in [-0.3, -0.25) is 0 Å². The normalized spacial score (nSPS) is 25.1. The average Bonchev–Trinajstić information content (AvgIpc) is 2.27. The van der Waals surface area contributed by atoms with Crippen molar-refractivity contribution >= 4 is 5.97 Å². The number of carboxylic acid groups (broad SMARTS) is 1. The van der Waals surface area contributed by atoms with Gasteiger partial charge in [0.25, 0.3) is 0 Å². The molecule has 0 saturated carbocycles. The first-order chi connectivity index (χ1) is 7.13. The van der Waals surface area contributed by atoms with Crippen LogP contribution in [0.5, 0.6) is 0 Å². The number of methoxy groups -OCH3 is 1. The maximum atomic E-state index is 10.6. The van der Waals surface area contributed by atoms with Gasteiger partial charge in [0.05, 0.1) is 12.2 Å². The molecule has 5 nitrogen and oxygen atoms in total. The van der Waals surface area contributed by atoms with Crippen molar-refractivity contribution in [3.63, 3.8) is 0 Å². The van der Waals surface area contributed by atoms with Gasteiger partial charge in [-0.25, -0.2) is 9.68 Å². The highest BCUT2D eigenvalue weighted by Gasteiger charge is 2.31. The Morgan fingerprint density at radius 3 is 2.80 bits per heavy atom. The van der Waals surface area contributed by atoms with Gasteiger partial charge in [-0.05, 0) is 19.1 Å². The van der Waals surface area contributed by atoms with Crippen molar-refractivity contribution in [1.29, 1.82) is 0 Å². The topological polar surface area (TPSA) is 65.0 Å². The van der Waals surface area contributed by atoms with Gasteiger partial charge >= 0.3 is 5.97 Å². The number of rotatable bonds is 5. The fraction of sp³-hybridized carbons (Fsp3) is 0.500. The Morgan fingerprint density at radius 2 is 2.40 bits per heavy atom. The van der Waals surface area contributed by atoms with Crippen molar-refractivity contribution in [2.75, 3.05) is 13.7 Å². The molecule has 5 heteroatoms. The summed E-state index contributed by atoms with van der Waals surface area (Å²) in [6.45, 7) is 2.18. The second kappa shape index (κ2) is 5.06. The first kappa shape index (κ1) is 11.9. The van der Waals surface area contributed by atoms with E-state index < -0.39 is 11.8 Å². The third kappa shape index (κ3) is 2.89. The predicted molar refractivity (Wildman–Crippen MR) is 51.9 cm³/mol. The Labute approximate surface area is 87.9 Å². The van der Waals surface area contributed by atoms with Crippen LogP contribution in [0.1, 0.15) is 13.3 Å². The van der Waals surface area contributed by atoms with Crippen LogP contribution < -0.4 is 0 Å². The molecule has 0 aromatic rings. The van der Waals surface area contributed by atoms with Gasteiger partial charge in [0.2, 0.25) is 5.79 Å². The maximum Gasteiger partial charge on any atom is 0.335 e. The van der Waals surface area contributed by atoms with Crippen molar-refractivity contribution < 1.29 is 24.4 Å². The SMILES string of the molecule is CCOOC1(OC)C=CC(C(=O)O)=CC1. The molecule has 0 amide bonds. The van der Waals surface area contributed by atoms with E-state index in [0.29, 0.717) is 13.0 Å². The fourth-order valence-corrected chi connectivity index (χ4v) is 1.17. The summed E-state index contributed by atoms with van der Waals surface area (Å²) in [5, 5.41) is 8.72. The van der Waals surface area contributed by atoms with E-state index >= 15 is 0 Å². The van der Waals surface area contributed by atoms with Crippen molar-refractivity contribution in [3.8, 4) is 0 Å². The highest BCUT2D eigenvalue weighted by molar-refractivity contribution is 5.90. The first-order valence-electron chi connectivity index (χ1n) is 4.62. The van der Waals surface area contributed by atoms with Crippen molar-refractivity contribution in [2.45, 2.75) is 19.1 Å². The quantitative estimate of drug-likeness (QED) is 0.424. The summed E-state index contributed by atoms with van der Waals surface area (Å²) in [5.41, 5.74) is 0.225. The highest BCUT2D eigenvalue weighted by Crippen LogP contribution is 2.26. The summed E-state index contributed by atoms with van der Waals surface area (Å²) in [6, 6.07) is 0. The van der Waals surface area contributed by atoms with Crippen LogP contribution in [-0.4, -0.2) is 30.6 Å². The molecule has 0 aromatic carbocycles. The lowest BCUT2D eigenvalue weighted by atomic mass is 10.0. The summed E-state index contributed by atoms with van der Waals surface area (Å²) in [4.78, 5) is 20.5. The molecule has 0 spiro atoms. The second-order valence-corrected chi connectivity index (χ2v) is 3.01. The summed E-state index contributed by atoms with van der Waals surface area (Å²) in [5.74, 6) is -1.97. The average molecular weight is 214 g/mol. The number of carbonyl (C=O) groups is 1. The molecule has 1 N–H and O–H groups in total. The minimum Gasteiger partial charge on any atom is -0.478 e. The van der Waals surface area contributed by atoms with Gasteiger partial charge < -0.3 is 9.84 Å². The van der Waals surface area contributed by atoms with Crippen molar-refractivity contribution in [1.82, 2.24) is 0 Å². The molecule has 1 aliphatic carbocycles. The number of hydrogen-bond donors (Lipinski definition) is 1. The lowest BCUT2D eigenvalue weighted by Crippen LogP contribution is -2.34. The molecule has 0 aromatic heterocycles. The van der Waals surface area contributed by atoms with Crippen LogP contribution in [0.25, 0.3) is 0 Å². The summed E-state index contributed by atoms with van der Waals surface area (Å²) >= 11 is 0. The number of ether oxygens (including phenoxy) is 1. The van der Waals surface area contributed by atoms with E-state index in [1.54, 1.807) is 6.92 Å². The lowest BCUT2D eigenvalue weighted by Gasteiger charge is -2.28. The highest BCUT2D eigenvalue weighted by atomic mass is 17.2. The number of aliphatic carboxylic acids is 1. The summed E-state index contributed by atoms with van der Waals surface area (Å²) < 4.78 is 5.14. The largest absolute Gasteiger partial charge is 0.478 e. The van der Waals surface area contributed by atoms with Gasteiger partial charge in [0.15, 0.2) is 0 Å². The van der Waals surface area contributed by atoms with Crippen LogP contribution in [0.15, 0.2) is 23.8 Å². The molecule has 0 fully saturated rings. The Hall–Kier alpha value is -1.17. The number of hydrogen-bond acceptors (Lipinski definition) is 4. The summed E-state index contributed by atoms with van der Waals surface area (Å²) in [6.07, 6.45) is 4.81. The molecule has 1 unspecified atom stereocenters. The van der Waals surface area contributed by atoms with E-state index in [4.69, 9.17) is 19.6 Å². The van der Waals surface area contributed by atoms with Gasteiger partial charge in [0, 0.05) is 13.5 Å². The van der Waals surface area contributed by atoms with Crippen LogP contribution in [0.4, 0.5) is 0 Å². The van der Waals surface area contributed by atoms with Gasteiger partial charge in [-0.2, -0.15) is 4.89 Å². The molecule has 0 heterocycles. The molecule has 1 atom stereocenters. The van der Waals surface area contributed by atoms with Crippen LogP contribution >= 0.6 is 0 Å². The van der Waals surface area contributed by atoms with Crippen LogP contribution in [0.2, 0.25) is 0 Å². The van der Waals surface area contributed by atoms with Crippen LogP contribution in [0.3, 0.4) is 0 Å². The lowest BCUT2D eigenvalue weighted by molar-refractivity contribution is -0.405. The van der Waals surface area contributed by atoms with Crippen molar-refractivity contribution in [2.24, 2.45) is 0 Å². The van der Waals surface area contributed by atoms with E-state index in [1.807, 2.05) is 0 Å². The predicted octanol–water partition coefficient (Wildman–Crippen LogP) is 1.27.